The monoisotopic (exact) mass is 272 g/mol. The van der Waals surface area contributed by atoms with Crippen molar-refractivity contribution in [1.29, 1.82) is 0 Å². The fraction of sp³-hybridized carbons (Fsp3) is 0.846. The molecule has 0 unspecified atom stereocenters. The molecule has 2 amide bonds. The summed E-state index contributed by atoms with van der Waals surface area (Å²) in [5, 5.41) is 6.26. The molecule has 0 aromatic rings. The van der Waals surface area contributed by atoms with Gasteiger partial charge in [-0.3, -0.25) is 0 Å². The van der Waals surface area contributed by atoms with Gasteiger partial charge < -0.3 is 9.47 Å². The lowest BCUT2D eigenvalue weighted by Crippen LogP contribution is -2.03. The molecule has 19 heavy (non-hydrogen) atoms. The summed E-state index contributed by atoms with van der Waals surface area (Å²) in [6.45, 7) is 4.77. The molecule has 0 spiro atoms. The zero-order valence-corrected chi connectivity index (χ0v) is 11.9. The molecule has 0 heterocycles. The molecule has 0 aromatic carbocycles. The second-order valence-electron chi connectivity index (χ2n) is 4.20. The van der Waals surface area contributed by atoms with Crippen molar-refractivity contribution in [3.63, 3.8) is 0 Å². The van der Waals surface area contributed by atoms with E-state index in [0.717, 1.165) is 44.9 Å². The topological polar surface area (TPSA) is 77.3 Å². The number of ether oxygens (including phenoxy) is 2. The zero-order chi connectivity index (χ0) is 14.3. The van der Waals surface area contributed by atoms with Crippen LogP contribution in [0.3, 0.4) is 0 Å². The van der Waals surface area contributed by atoms with Crippen LogP contribution in [0.15, 0.2) is 10.2 Å². The van der Waals surface area contributed by atoms with Gasteiger partial charge in [-0.05, 0) is 12.8 Å². The number of carbonyl (C=O) groups is 2. The second-order valence-corrected chi connectivity index (χ2v) is 4.20. The van der Waals surface area contributed by atoms with Crippen molar-refractivity contribution in [3.05, 3.63) is 0 Å². The normalized spacial score (nSPS) is 10.6. The third kappa shape index (κ3) is 12.8. The molecule has 0 aromatic heterocycles. The van der Waals surface area contributed by atoms with Crippen molar-refractivity contribution in [2.75, 3.05) is 13.2 Å². The molecule has 0 saturated carbocycles. The predicted molar refractivity (Wildman–Crippen MR) is 71.2 cm³/mol. The average molecular weight is 272 g/mol. The molecule has 0 N–H and O–H groups in total. The van der Waals surface area contributed by atoms with Crippen molar-refractivity contribution >= 4 is 12.2 Å². The van der Waals surface area contributed by atoms with Crippen molar-refractivity contribution < 1.29 is 19.1 Å². The van der Waals surface area contributed by atoms with E-state index >= 15 is 0 Å². The third-order valence-electron chi connectivity index (χ3n) is 2.41. The average Bonchev–Trinajstić information content (AvgIpc) is 2.41. The lowest BCUT2D eigenvalue weighted by atomic mass is 10.2. The van der Waals surface area contributed by atoms with Gasteiger partial charge in [-0.2, -0.15) is 0 Å². The van der Waals surface area contributed by atoms with E-state index in [4.69, 9.17) is 9.47 Å². The summed E-state index contributed by atoms with van der Waals surface area (Å²) >= 11 is 0. The molecule has 110 valence electrons. The Labute approximate surface area is 114 Å². The third-order valence-corrected chi connectivity index (χ3v) is 2.41. The van der Waals surface area contributed by atoms with Gasteiger partial charge in [-0.25, -0.2) is 9.59 Å². The highest BCUT2D eigenvalue weighted by Gasteiger charge is 2.03. The number of hydrogen-bond donors (Lipinski definition) is 0. The van der Waals surface area contributed by atoms with Crippen LogP contribution in [-0.4, -0.2) is 25.4 Å². The molecule has 6 heteroatoms. The molecule has 0 fully saturated rings. The van der Waals surface area contributed by atoms with Crippen molar-refractivity contribution in [1.82, 2.24) is 0 Å². The summed E-state index contributed by atoms with van der Waals surface area (Å²) in [5.41, 5.74) is 0. The van der Waals surface area contributed by atoms with Gasteiger partial charge in [0.15, 0.2) is 0 Å². The van der Waals surface area contributed by atoms with Crippen LogP contribution in [-0.2, 0) is 9.47 Å². The highest BCUT2D eigenvalue weighted by atomic mass is 16.6. The molecule has 0 atom stereocenters. The minimum absolute atomic E-state index is 0.303. The van der Waals surface area contributed by atoms with Gasteiger partial charge in [0, 0.05) is 0 Å². The predicted octanol–water partition coefficient (Wildman–Crippen LogP) is 4.48. The van der Waals surface area contributed by atoms with Gasteiger partial charge in [0.25, 0.3) is 0 Å². The number of hydrogen-bond acceptors (Lipinski definition) is 4. The lowest BCUT2D eigenvalue weighted by Gasteiger charge is -2.00. The molecule has 0 rings (SSSR count). The standard InChI is InChI=1S/C13H24N2O4/c1-3-5-7-9-11-19-13(17)15-14-12(16)18-10-8-6-4-2/h3-11H2,1-2H3/b15-14+. The summed E-state index contributed by atoms with van der Waals surface area (Å²) in [7, 11) is 0. The van der Waals surface area contributed by atoms with Crippen LogP contribution in [0.5, 0.6) is 0 Å². The summed E-state index contributed by atoms with van der Waals surface area (Å²) in [4.78, 5) is 22.1. The largest absolute Gasteiger partial charge is 0.452 e. The Morgan fingerprint density at radius 3 is 1.63 bits per heavy atom. The van der Waals surface area contributed by atoms with Crippen LogP contribution in [0.4, 0.5) is 9.59 Å². The first-order chi connectivity index (χ1) is 9.20. The van der Waals surface area contributed by atoms with E-state index in [1.165, 1.54) is 0 Å². The fourth-order valence-corrected chi connectivity index (χ4v) is 1.34. The SMILES string of the molecule is CCCCCCOC(=O)/N=N/C(=O)OCCCCC. The first-order valence-electron chi connectivity index (χ1n) is 6.96. The van der Waals surface area contributed by atoms with Crippen LogP contribution in [0.2, 0.25) is 0 Å². The summed E-state index contributed by atoms with van der Waals surface area (Å²) in [6.07, 6.45) is 5.19. The number of amides is 2. The van der Waals surface area contributed by atoms with Gasteiger partial charge in [-0.15, -0.1) is 0 Å². The number of unbranched alkanes of at least 4 members (excludes halogenated alkanes) is 5. The molecule has 0 radical (unpaired) electrons. The van der Waals surface area contributed by atoms with Crippen LogP contribution in [0, 0.1) is 0 Å². The maximum absolute atomic E-state index is 11.1. The van der Waals surface area contributed by atoms with Gasteiger partial charge in [0.1, 0.15) is 0 Å². The quantitative estimate of drug-likeness (QED) is 0.458. The van der Waals surface area contributed by atoms with E-state index in [1.807, 2.05) is 0 Å². The van der Waals surface area contributed by atoms with Gasteiger partial charge in [0.05, 0.1) is 13.2 Å². The summed E-state index contributed by atoms with van der Waals surface area (Å²) < 4.78 is 9.52. The maximum Gasteiger partial charge on any atom is 0.452 e. The Morgan fingerprint density at radius 1 is 0.737 bits per heavy atom. The van der Waals surface area contributed by atoms with Crippen LogP contribution < -0.4 is 0 Å². The number of azo groups is 1. The Morgan fingerprint density at radius 2 is 1.16 bits per heavy atom. The molecule has 0 saturated heterocycles. The van der Waals surface area contributed by atoms with E-state index in [2.05, 4.69) is 24.1 Å². The van der Waals surface area contributed by atoms with Gasteiger partial charge in [-0.1, -0.05) is 56.2 Å². The molecule has 0 bridgehead atoms. The van der Waals surface area contributed by atoms with Gasteiger partial charge >= 0.3 is 12.2 Å². The Bertz CT molecular complexity index is 280. The minimum atomic E-state index is -0.848. The summed E-state index contributed by atoms with van der Waals surface area (Å²) in [6, 6.07) is 0. The molecule has 0 aliphatic rings. The highest BCUT2D eigenvalue weighted by Crippen LogP contribution is 2.00. The smallest absolute Gasteiger partial charge is 0.447 e. The van der Waals surface area contributed by atoms with Crippen molar-refractivity contribution in [3.8, 4) is 0 Å². The van der Waals surface area contributed by atoms with E-state index in [9.17, 15) is 9.59 Å². The van der Waals surface area contributed by atoms with E-state index in [-0.39, 0.29) is 0 Å². The second kappa shape index (κ2) is 13.0. The van der Waals surface area contributed by atoms with Crippen LogP contribution in [0.25, 0.3) is 0 Å². The zero-order valence-electron chi connectivity index (χ0n) is 11.9. The molecular weight excluding hydrogens is 248 g/mol. The fourth-order valence-electron chi connectivity index (χ4n) is 1.34. The molecule has 0 aliphatic carbocycles. The minimum Gasteiger partial charge on any atom is -0.447 e. The number of carbonyl (C=O) groups excluding carboxylic acids is 2. The van der Waals surface area contributed by atoms with Crippen LogP contribution >= 0.6 is 0 Å². The Hall–Kier alpha value is -1.46. The first kappa shape index (κ1) is 17.5. The van der Waals surface area contributed by atoms with E-state index < -0.39 is 12.2 Å². The lowest BCUT2D eigenvalue weighted by molar-refractivity contribution is 0.143. The summed E-state index contributed by atoms with van der Waals surface area (Å²) in [5.74, 6) is 0. The van der Waals surface area contributed by atoms with E-state index in [0.29, 0.717) is 13.2 Å². The van der Waals surface area contributed by atoms with Gasteiger partial charge in [0.2, 0.25) is 0 Å². The first-order valence-corrected chi connectivity index (χ1v) is 6.96. The van der Waals surface area contributed by atoms with E-state index in [1.54, 1.807) is 0 Å². The van der Waals surface area contributed by atoms with Crippen LogP contribution in [0.1, 0.15) is 58.8 Å². The molecule has 6 nitrogen and oxygen atoms in total. The van der Waals surface area contributed by atoms with Crippen molar-refractivity contribution in [2.24, 2.45) is 10.2 Å². The number of rotatable bonds is 9. The Kier molecular flexibility index (Phi) is 12.0. The molecule has 0 aliphatic heterocycles. The maximum atomic E-state index is 11.1. The van der Waals surface area contributed by atoms with Crippen molar-refractivity contribution in [2.45, 2.75) is 58.8 Å². The highest BCUT2D eigenvalue weighted by molar-refractivity contribution is 5.73. The number of nitrogens with zero attached hydrogens (tertiary/aromatic N) is 2. The Balaban J connectivity index is 3.56. The molecular formula is C13H24N2O4.